The van der Waals surface area contributed by atoms with Crippen molar-refractivity contribution in [3.63, 3.8) is 0 Å². The molecule has 2 fully saturated rings. The van der Waals surface area contributed by atoms with Gasteiger partial charge < -0.3 is 10.1 Å². The summed E-state index contributed by atoms with van der Waals surface area (Å²) >= 11 is 0. The number of hydrogen-bond donors (Lipinski definition) is 1. The predicted octanol–water partition coefficient (Wildman–Crippen LogP) is 2.31. The molecule has 4 heteroatoms. The highest BCUT2D eigenvalue weighted by Crippen LogP contribution is 2.59. The monoisotopic (exact) mass is 281 g/mol. The van der Waals surface area contributed by atoms with Crippen LogP contribution in [0.4, 0.5) is 0 Å². The van der Waals surface area contributed by atoms with Crippen molar-refractivity contribution >= 4 is 11.7 Å². The average molecular weight is 281 g/mol. The molecule has 0 aromatic rings. The third-order valence-corrected chi connectivity index (χ3v) is 4.82. The molecule has 0 radical (unpaired) electrons. The molecule has 1 unspecified atom stereocenters. The average Bonchev–Trinajstić information content (AvgIpc) is 3.08. The second kappa shape index (κ2) is 5.47. The zero-order valence-corrected chi connectivity index (χ0v) is 13.1. The summed E-state index contributed by atoms with van der Waals surface area (Å²) in [6, 6.07) is -0.377. The number of ether oxygens (including phenoxy) is 1. The first-order valence-corrected chi connectivity index (χ1v) is 7.71. The fourth-order valence-electron chi connectivity index (χ4n) is 3.28. The van der Waals surface area contributed by atoms with Gasteiger partial charge in [-0.05, 0) is 30.1 Å². The summed E-state index contributed by atoms with van der Waals surface area (Å²) in [6.45, 7) is 9.39. The van der Waals surface area contributed by atoms with Gasteiger partial charge >= 0.3 is 0 Å². The summed E-state index contributed by atoms with van der Waals surface area (Å²) in [4.78, 5) is 24.5. The summed E-state index contributed by atoms with van der Waals surface area (Å²) in [6.07, 6.45) is 3.38. The molecule has 1 saturated heterocycles. The standard InChI is InChI=1S/C16H27NO3/c1-5-12(18)13(15(2,3)4)17-14(19)11-10-16(11)6-8-20-9-7-16/h11,13H,5-10H2,1-4H3,(H,17,19)/t11?,13-/m1/s1. The maximum atomic E-state index is 12.5. The highest BCUT2D eigenvalue weighted by molar-refractivity contribution is 5.91. The largest absolute Gasteiger partial charge is 0.381 e. The lowest BCUT2D eigenvalue weighted by molar-refractivity contribution is -0.131. The quantitative estimate of drug-likeness (QED) is 0.860. The van der Waals surface area contributed by atoms with Crippen LogP contribution in [0.3, 0.4) is 0 Å². The molecule has 114 valence electrons. The second-order valence-corrected chi connectivity index (χ2v) is 7.36. The Morgan fingerprint density at radius 2 is 1.90 bits per heavy atom. The van der Waals surface area contributed by atoms with Gasteiger partial charge in [-0.3, -0.25) is 9.59 Å². The van der Waals surface area contributed by atoms with Crippen LogP contribution in [0.5, 0.6) is 0 Å². The van der Waals surface area contributed by atoms with Crippen molar-refractivity contribution in [3.8, 4) is 0 Å². The van der Waals surface area contributed by atoms with Crippen molar-refractivity contribution in [1.82, 2.24) is 5.32 Å². The third-order valence-electron chi connectivity index (χ3n) is 4.82. The van der Waals surface area contributed by atoms with Crippen molar-refractivity contribution in [2.45, 2.75) is 59.4 Å². The van der Waals surface area contributed by atoms with Crippen LogP contribution in [0.25, 0.3) is 0 Å². The van der Waals surface area contributed by atoms with Crippen LogP contribution in [0.15, 0.2) is 0 Å². The highest BCUT2D eigenvalue weighted by atomic mass is 16.5. The molecule has 0 aromatic carbocycles. The lowest BCUT2D eigenvalue weighted by Gasteiger charge is -2.31. The number of Topliss-reactive ketones (excluding diaryl/α,β-unsaturated/α-hetero) is 1. The molecule has 2 rings (SSSR count). The first-order valence-electron chi connectivity index (χ1n) is 7.71. The van der Waals surface area contributed by atoms with E-state index in [4.69, 9.17) is 4.74 Å². The Kier molecular flexibility index (Phi) is 4.24. The Morgan fingerprint density at radius 3 is 2.40 bits per heavy atom. The number of nitrogens with one attached hydrogen (secondary N) is 1. The number of carbonyl (C=O) groups excluding carboxylic acids is 2. The molecule has 1 N–H and O–H groups in total. The molecule has 0 bridgehead atoms. The van der Waals surface area contributed by atoms with Gasteiger partial charge in [0.1, 0.15) is 0 Å². The lowest BCUT2D eigenvalue weighted by atomic mass is 9.83. The smallest absolute Gasteiger partial charge is 0.224 e. The molecule has 4 nitrogen and oxygen atoms in total. The lowest BCUT2D eigenvalue weighted by Crippen LogP contribution is -2.50. The van der Waals surface area contributed by atoms with Gasteiger partial charge in [0.05, 0.1) is 6.04 Å². The number of carbonyl (C=O) groups is 2. The Bertz CT molecular complexity index is 391. The van der Waals surface area contributed by atoms with E-state index in [0.717, 1.165) is 32.5 Å². The summed E-state index contributed by atoms with van der Waals surface area (Å²) in [5.41, 5.74) is -0.0689. The zero-order chi connectivity index (χ0) is 15.0. The van der Waals surface area contributed by atoms with E-state index < -0.39 is 0 Å². The van der Waals surface area contributed by atoms with Crippen LogP contribution >= 0.6 is 0 Å². The molecule has 1 amide bonds. The van der Waals surface area contributed by atoms with Crippen LogP contribution in [-0.2, 0) is 14.3 Å². The molecule has 1 saturated carbocycles. The number of ketones is 1. The van der Waals surface area contributed by atoms with Crippen molar-refractivity contribution in [2.75, 3.05) is 13.2 Å². The third kappa shape index (κ3) is 3.05. The minimum absolute atomic E-state index is 0.0635. The van der Waals surface area contributed by atoms with Crippen molar-refractivity contribution in [1.29, 1.82) is 0 Å². The van der Waals surface area contributed by atoms with Gasteiger partial charge in [0.2, 0.25) is 5.91 Å². The minimum atomic E-state index is -0.377. The summed E-state index contributed by atoms with van der Waals surface area (Å²) in [7, 11) is 0. The molecule has 1 heterocycles. The van der Waals surface area contributed by atoms with Gasteiger partial charge in [-0.25, -0.2) is 0 Å². The van der Waals surface area contributed by atoms with E-state index in [1.165, 1.54) is 0 Å². The number of rotatable bonds is 4. The van der Waals surface area contributed by atoms with Crippen molar-refractivity contribution in [3.05, 3.63) is 0 Å². The molecule has 20 heavy (non-hydrogen) atoms. The van der Waals surface area contributed by atoms with Crippen LogP contribution in [0.2, 0.25) is 0 Å². The fourth-order valence-corrected chi connectivity index (χ4v) is 3.28. The zero-order valence-electron chi connectivity index (χ0n) is 13.1. The van der Waals surface area contributed by atoms with E-state index in [-0.39, 0.29) is 34.5 Å². The summed E-state index contributed by atoms with van der Waals surface area (Å²) in [5, 5.41) is 3.01. The van der Waals surface area contributed by atoms with Gasteiger partial charge in [-0.1, -0.05) is 27.7 Å². The van der Waals surface area contributed by atoms with Crippen LogP contribution in [-0.4, -0.2) is 30.9 Å². The topological polar surface area (TPSA) is 55.4 Å². The summed E-state index contributed by atoms with van der Waals surface area (Å²) < 4.78 is 5.38. The van der Waals surface area contributed by atoms with Crippen molar-refractivity contribution in [2.24, 2.45) is 16.7 Å². The maximum Gasteiger partial charge on any atom is 0.224 e. The van der Waals surface area contributed by atoms with Gasteiger partial charge in [-0.15, -0.1) is 0 Å². The van der Waals surface area contributed by atoms with E-state index in [1.54, 1.807) is 0 Å². The number of amides is 1. The first-order chi connectivity index (χ1) is 9.30. The molecular formula is C16H27NO3. The highest BCUT2D eigenvalue weighted by Gasteiger charge is 2.58. The van der Waals surface area contributed by atoms with E-state index in [1.807, 2.05) is 27.7 Å². The van der Waals surface area contributed by atoms with E-state index in [2.05, 4.69) is 5.32 Å². The predicted molar refractivity (Wildman–Crippen MR) is 77.3 cm³/mol. The Hall–Kier alpha value is -0.900. The maximum absolute atomic E-state index is 12.5. The molecule has 0 aromatic heterocycles. The Labute approximate surface area is 121 Å². The molecule has 1 aliphatic carbocycles. The summed E-state index contributed by atoms with van der Waals surface area (Å²) in [5.74, 6) is 0.266. The van der Waals surface area contributed by atoms with Gasteiger partial charge in [0.15, 0.2) is 5.78 Å². The number of hydrogen-bond acceptors (Lipinski definition) is 3. The van der Waals surface area contributed by atoms with Gasteiger partial charge in [0, 0.05) is 25.6 Å². The normalized spacial score (nSPS) is 26.1. The van der Waals surface area contributed by atoms with E-state index in [0.29, 0.717) is 6.42 Å². The molecule has 1 spiro atoms. The van der Waals surface area contributed by atoms with Gasteiger partial charge in [0.25, 0.3) is 0 Å². The van der Waals surface area contributed by atoms with Crippen LogP contribution in [0, 0.1) is 16.7 Å². The minimum Gasteiger partial charge on any atom is -0.381 e. The fraction of sp³-hybridized carbons (Fsp3) is 0.875. The second-order valence-electron chi connectivity index (χ2n) is 7.36. The Balaban J connectivity index is 1.98. The van der Waals surface area contributed by atoms with E-state index in [9.17, 15) is 9.59 Å². The SMILES string of the molecule is CCC(=O)[C@@H](NC(=O)C1CC12CCOCC2)C(C)(C)C. The molecule has 1 aliphatic heterocycles. The van der Waals surface area contributed by atoms with Crippen LogP contribution in [0.1, 0.15) is 53.4 Å². The molecule has 2 atom stereocenters. The van der Waals surface area contributed by atoms with Crippen molar-refractivity contribution < 1.29 is 14.3 Å². The van der Waals surface area contributed by atoms with E-state index >= 15 is 0 Å². The first kappa shape index (κ1) is 15.5. The van der Waals surface area contributed by atoms with Gasteiger partial charge in [-0.2, -0.15) is 0 Å². The Morgan fingerprint density at radius 1 is 1.30 bits per heavy atom. The van der Waals surface area contributed by atoms with Crippen LogP contribution < -0.4 is 5.32 Å². The molecule has 2 aliphatic rings. The molecular weight excluding hydrogens is 254 g/mol.